The number of Topliss-reactive ketones (excluding diaryl/α,β-unsaturated/α-hetero) is 1. The normalized spacial score (nSPS) is 15.0. The van der Waals surface area contributed by atoms with Gasteiger partial charge in [-0.1, -0.05) is 30.3 Å². The molecule has 7 heteroatoms. The van der Waals surface area contributed by atoms with Crippen LogP contribution >= 0.6 is 0 Å². The molecule has 0 heterocycles. The molecule has 1 aliphatic rings. The average Bonchev–Trinajstić information content (AvgIpc) is 3.31. The number of nitrogens with one attached hydrogen (secondary N) is 2. The Morgan fingerprint density at radius 3 is 2.28 bits per heavy atom. The molecule has 0 spiro atoms. The number of ketones is 1. The monoisotopic (exact) mass is 348 g/mol. The Morgan fingerprint density at radius 1 is 1.08 bits per heavy atom. The van der Waals surface area contributed by atoms with E-state index in [4.69, 9.17) is 9.47 Å². The van der Waals surface area contributed by atoms with Gasteiger partial charge in [0.15, 0.2) is 5.78 Å². The van der Waals surface area contributed by atoms with Gasteiger partial charge in [0.05, 0.1) is 6.54 Å². The lowest BCUT2D eigenvalue weighted by atomic mass is 10.1. The molecule has 0 atom stereocenters. The molecule has 2 N–H and O–H groups in total. The molecule has 1 aromatic rings. The molecule has 1 aliphatic carbocycles. The zero-order chi connectivity index (χ0) is 18.5. The average molecular weight is 348 g/mol. The van der Waals surface area contributed by atoms with Gasteiger partial charge in [-0.3, -0.25) is 4.79 Å². The highest BCUT2D eigenvalue weighted by molar-refractivity contribution is 5.97. The molecule has 0 radical (unpaired) electrons. The first-order chi connectivity index (χ1) is 11.7. The molecule has 0 aromatic heterocycles. The van der Waals surface area contributed by atoms with E-state index in [2.05, 4.69) is 10.6 Å². The fourth-order valence-corrected chi connectivity index (χ4v) is 2.19. The van der Waals surface area contributed by atoms with Crippen molar-refractivity contribution in [3.63, 3.8) is 0 Å². The topological polar surface area (TPSA) is 93.7 Å². The molecule has 2 rings (SSSR count). The molecule has 136 valence electrons. The molecule has 0 bridgehead atoms. The number of hydrogen-bond acceptors (Lipinski definition) is 5. The fourth-order valence-electron chi connectivity index (χ4n) is 2.19. The summed E-state index contributed by atoms with van der Waals surface area (Å²) in [5.41, 5.74) is -0.715. The van der Waals surface area contributed by atoms with Gasteiger partial charge in [0, 0.05) is 0 Å². The van der Waals surface area contributed by atoms with Crippen molar-refractivity contribution in [2.24, 2.45) is 0 Å². The third-order valence-corrected chi connectivity index (χ3v) is 3.63. The largest absolute Gasteiger partial charge is 0.445 e. The molecular formula is C18H24N2O5. The van der Waals surface area contributed by atoms with E-state index in [0.29, 0.717) is 12.8 Å². The van der Waals surface area contributed by atoms with Gasteiger partial charge in [-0.05, 0) is 39.2 Å². The smallest absolute Gasteiger partial charge is 0.408 e. The number of carbonyl (C=O) groups excluding carboxylic acids is 3. The van der Waals surface area contributed by atoms with Crippen LogP contribution in [0.15, 0.2) is 30.3 Å². The summed E-state index contributed by atoms with van der Waals surface area (Å²) in [4.78, 5) is 35.8. The quantitative estimate of drug-likeness (QED) is 0.824. The zero-order valence-corrected chi connectivity index (χ0v) is 14.8. The summed E-state index contributed by atoms with van der Waals surface area (Å²) in [6.45, 7) is 5.14. The van der Waals surface area contributed by atoms with Crippen LogP contribution in [0.3, 0.4) is 0 Å². The molecule has 1 saturated carbocycles. The van der Waals surface area contributed by atoms with Crippen molar-refractivity contribution in [1.82, 2.24) is 10.6 Å². The first kappa shape index (κ1) is 18.8. The summed E-state index contributed by atoms with van der Waals surface area (Å²) in [5.74, 6) is -0.268. The van der Waals surface area contributed by atoms with Crippen molar-refractivity contribution in [1.29, 1.82) is 0 Å². The lowest BCUT2D eigenvalue weighted by Gasteiger charge is -2.20. The number of rotatable bonds is 6. The maximum absolute atomic E-state index is 12.3. The molecule has 0 unspecified atom stereocenters. The second-order valence-corrected chi connectivity index (χ2v) is 7.05. The van der Waals surface area contributed by atoms with E-state index in [0.717, 1.165) is 5.56 Å². The maximum Gasteiger partial charge on any atom is 0.408 e. The predicted molar refractivity (Wildman–Crippen MR) is 91.0 cm³/mol. The Morgan fingerprint density at radius 2 is 1.72 bits per heavy atom. The number of benzene rings is 1. The first-order valence-corrected chi connectivity index (χ1v) is 8.19. The molecule has 25 heavy (non-hydrogen) atoms. The van der Waals surface area contributed by atoms with Crippen LogP contribution in [-0.4, -0.2) is 35.7 Å². The van der Waals surface area contributed by atoms with Crippen molar-refractivity contribution >= 4 is 18.0 Å². The summed E-state index contributed by atoms with van der Waals surface area (Å²) in [6.07, 6.45) is -0.250. The molecular weight excluding hydrogens is 324 g/mol. The Hall–Kier alpha value is -2.57. The van der Waals surface area contributed by atoms with Gasteiger partial charge in [-0.2, -0.15) is 0 Å². The number of ether oxygens (including phenoxy) is 2. The van der Waals surface area contributed by atoms with Gasteiger partial charge in [-0.25, -0.2) is 9.59 Å². The van der Waals surface area contributed by atoms with Gasteiger partial charge in [0.1, 0.15) is 17.7 Å². The van der Waals surface area contributed by atoms with Crippen molar-refractivity contribution < 1.29 is 23.9 Å². The Kier molecular flexibility index (Phi) is 5.66. The summed E-state index contributed by atoms with van der Waals surface area (Å²) in [6, 6.07) is 9.26. The third kappa shape index (κ3) is 6.10. The van der Waals surface area contributed by atoms with E-state index in [1.807, 2.05) is 30.3 Å². The predicted octanol–water partition coefficient (Wildman–Crippen LogP) is 2.54. The standard InChI is InChI=1S/C18H24N2O5/c1-17(2,3)25-15(22)19-11-14(21)18(9-10-18)20-16(23)24-12-13-7-5-4-6-8-13/h4-8H,9-12H2,1-3H3,(H,19,22)(H,20,23). The summed E-state index contributed by atoms with van der Waals surface area (Å²) < 4.78 is 10.2. The fraction of sp³-hybridized carbons (Fsp3) is 0.500. The summed E-state index contributed by atoms with van der Waals surface area (Å²) in [7, 11) is 0. The van der Waals surface area contributed by atoms with Crippen LogP contribution in [-0.2, 0) is 20.9 Å². The summed E-state index contributed by atoms with van der Waals surface area (Å²) in [5, 5.41) is 5.02. The van der Waals surface area contributed by atoms with Crippen LogP contribution in [0, 0.1) is 0 Å². The maximum atomic E-state index is 12.3. The molecule has 1 aromatic carbocycles. The molecule has 2 amide bonds. The van der Waals surface area contributed by atoms with Gasteiger partial charge in [-0.15, -0.1) is 0 Å². The first-order valence-electron chi connectivity index (χ1n) is 8.19. The third-order valence-electron chi connectivity index (χ3n) is 3.63. The van der Waals surface area contributed by atoms with Crippen LogP contribution in [0.2, 0.25) is 0 Å². The second kappa shape index (κ2) is 7.55. The molecule has 1 fully saturated rings. The van der Waals surface area contributed by atoms with Crippen molar-refractivity contribution in [3.05, 3.63) is 35.9 Å². The number of amides is 2. The molecule has 0 aliphatic heterocycles. The minimum atomic E-state index is -0.942. The van der Waals surface area contributed by atoms with E-state index in [-0.39, 0.29) is 18.9 Å². The van der Waals surface area contributed by atoms with Crippen LogP contribution in [0.25, 0.3) is 0 Å². The number of alkyl carbamates (subject to hydrolysis) is 2. The highest BCUT2D eigenvalue weighted by atomic mass is 16.6. The Balaban J connectivity index is 1.76. The Labute approximate surface area is 147 Å². The van der Waals surface area contributed by atoms with E-state index in [9.17, 15) is 14.4 Å². The van der Waals surface area contributed by atoms with Crippen LogP contribution in [0.5, 0.6) is 0 Å². The van der Waals surface area contributed by atoms with Crippen LogP contribution < -0.4 is 10.6 Å². The van der Waals surface area contributed by atoms with E-state index in [1.54, 1.807) is 20.8 Å². The number of carbonyl (C=O) groups is 3. The van der Waals surface area contributed by atoms with Gasteiger partial charge >= 0.3 is 12.2 Å². The molecule has 7 nitrogen and oxygen atoms in total. The second-order valence-electron chi connectivity index (χ2n) is 7.05. The zero-order valence-electron chi connectivity index (χ0n) is 14.8. The highest BCUT2D eigenvalue weighted by Gasteiger charge is 2.51. The Bertz CT molecular complexity index is 633. The van der Waals surface area contributed by atoms with Crippen molar-refractivity contribution in [2.45, 2.75) is 51.4 Å². The highest BCUT2D eigenvalue weighted by Crippen LogP contribution is 2.36. The van der Waals surface area contributed by atoms with Crippen LogP contribution in [0.1, 0.15) is 39.2 Å². The van der Waals surface area contributed by atoms with Gasteiger partial charge in [0.25, 0.3) is 0 Å². The lowest BCUT2D eigenvalue weighted by molar-refractivity contribution is -0.121. The minimum Gasteiger partial charge on any atom is -0.445 e. The van der Waals surface area contributed by atoms with Crippen LogP contribution in [0.4, 0.5) is 9.59 Å². The number of hydrogen-bond donors (Lipinski definition) is 2. The van der Waals surface area contributed by atoms with E-state index < -0.39 is 23.3 Å². The van der Waals surface area contributed by atoms with E-state index >= 15 is 0 Å². The minimum absolute atomic E-state index is 0.132. The lowest BCUT2D eigenvalue weighted by Crippen LogP contribution is -2.48. The van der Waals surface area contributed by atoms with Gasteiger partial charge < -0.3 is 20.1 Å². The van der Waals surface area contributed by atoms with Crippen molar-refractivity contribution in [3.8, 4) is 0 Å². The SMILES string of the molecule is CC(C)(C)OC(=O)NCC(=O)C1(NC(=O)OCc2ccccc2)CC1. The van der Waals surface area contributed by atoms with Crippen molar-refractivity contribution in [2.75, 3.05) is 6.54 Å². The van der Waals surface area contributed by atoms with Gasteiger partial charge in [0.2, 0.25) is 0 Å². The van der Waals surface area contributed by atoms with E-state index in [1.165, 1.54) is 0 Å². The summed E-state index contributed by atoms with van der Waals surface area (Å²) >= 11 is 0. The molecule has 0 saturated heterocycles.